The molecule has 4 nitrogen and oxygen atoms in total. The van der Waals surface area contributed by atoms with E-state index < -0.39 is 0 Å². The van der Waals surface area contributed by atoms with Gasteiger partial charge in [-0.05, 0) is 38.5 Å². The van der Waals surface area contributed by atoms with Gasteiger partial charge in [0.15, 0.2) is 0 Å². The topological polar surface area (TPSA) is 52.6 Å². The third-order valence-electron chi connectivity index (χ3n) is 3.25. The monoisotopic (exact) mass is 282 g/mol. The third kappa shape index (κ3) is 7.77. The molecule has 1 fully saturated rings. The van der Waals surface area contributed by atoms with Crippen molar-refractivity contribution < 1.29 is 19.1 Å². The number of ether oxygens (including phenoxy) is 2. The van der Waals surface area contributed by atoms with Crippen LogP contribution >= 0.6 is 0 Å². The summed E-state index contributed by atoms with van der Waals surface area (Å²) in [6.45, 7) is 10.9. The SMILES string of the molecule is C=CC(=O)OC1CCCCC1CC.C=CC(=O)OCC. The predicted molar refractivity (Wildman–Crippen MR) is 79.2 cm³/mol. The van der Waals surface area contributed by atoms with Crippen molar-refractivity contribution in [2.24, 2.45) is 5.92 Å². The molecule has 1 saturated carbocycles. The van der Waals surface area contributed by atoms with E-state index in [2.05, 4.69) is 24.8 Å². The van der Waals surface area contributed by atoms with Gasteiger partial charge >= 0.3 is 11.9 Å². The summed E-state index contributed by atoms with van der Waals surface area (Å²) in [5.74, 6) is -0.0644. The molecule has 0 bridgehead atoms. The van der Waals surface area contributed by atoms with E-state index >= 15 is 0 Å². The fraction of sp³-hybridized carbons (Fsp3) is 0.625. The van der Waals surface area contributed by atoms with E-state index in [1.807, 2.05) is 0 Å². The fourth-order valence-electron chi connectivity index (χ4n) is 2.19. The van der Waals surface area contributed by atoms with Crippen molar-refractivity contribution in [2.45, 2.75) is 52.1 Å². The maximum atomic E-state index is 11.0. The second-order valence-electron chi connectivity index (χ2n) is 4.59. The number of rotatable bonds is 5. The molecule has 0 amide bonds. The lowest BCUT2D eigenvalue weighted by Gasteiger charge is -2.29. The van der Waals surface area contributed by atoms with Gasteiger partial charge in [0.25, 0.3) is 0 Å². The van der Waals surface area contributed by atoms with Gasteiger partial charge in [0, 0.05) is 12.2 Å². The standard InChI is InChI=1S/C11H18O2.C5H8O2/c1-3-9-7-5-6-8-10(9)13-11(12)4-2;1-3-5(6)7-4-2/h4,9-10H,2-3,5-8H2,1H3;3H,1,4H2,2H3. The first kappa shape index (κ1) is 18.4. The second-order valence-corrected chi connectivity index (χ2v) is 4.59. The van der Waals surface area contributed by atoms with Crippen molar-refractivity contribution in [1.82, 2.24) is 0 Å². The summed E-state index contributed by atoms with van der Waals surface area (Å²) in [6.07, 6.45) is 8.33. The summed E-state index contributed by atoms with van der Waals surface area (Å²) in [7, 11) is 0. The highest BCUT2D eigenvalue weighted by Gasteiger charge is 2.25. The van der Waals surface area contributed by atoms with E-state index in [4.69, 9.17) is 4.74 Å². The Morgan fingerprint density at radius 3 is 2.15 bits per heavy atom. The minimum atomic E-state index is -0.359. The van der Waals surface area contributed by atoms with Gasteiger partial charge in [0.1, 0.15) is 6.10 Å². The molecular formula is C16H26O4. The number of carbonyl (C=O) groups is 2. The van der Waals surface area contributed by atoms with Gasteiger partial charge < -0.3 is 9.47 Å². The molecule has 0 N–H and O–H groups in total. The molecule has 2 atom stereocenters. The van der Waals surface area contributed by atoms with Crippen LogP contribution in [0, 0.1) is 5.92 Å². The molecule has 4 heteroatoms. The summed E-state index contributed by atoms with van der Waals surface area (Å²) < 4.78 is 9.72. The van der Waals surface area contributed by atoms with Crippen molar-refractivity contribution in [3.63, 3.8) is 0 Å². The van der Waals surface area contributed by atoms with Gasteiger partial charge in [-0.2, -0.15) is 0 Å². The Labute approximate surface area is 121 Å². The van der Waals surface area contributed by atoms with Crippen LogP contribution in [0.5, 0.6) is 0 Å². The van der Waals surface area contributed by atoms with Crippen LogP contribution in [0.1, 0.15) is 46.0 Å². The summed E-state index contributed by atoms with van der Waals surface area (Å²) in [5.41, 5.74) is 0. The lowest BCUT2D eigenvalue weighted by Crippen LogP contribution is -2.29. The Bertz CT molecular complexity index is 322. The molecule has 1 aliphatic rings. The van der Waals surface area contributed by atoms with Crippen LogP contribution in [-0.4, -0.2) is 24.6 Å². The van der Waals surface area contributed by atoms with Crippen LogP contribution in [-0.2, 0) is 19.1 Å². The smallest absolute Gasteiger partial charge is 0.330 e. The molecule has 1 rings (SSSR count). The fourth-order valence-corrected chi connectivity index (χ4v) is 2.19. The van der Waals surface area contributed by atoms with Crippen molar-refractivity contribution in [2.75, 3.05) is 6.61 Å². The molecule has 0 radical (unpaired) electrons. The van der Waals surface area contributed by atoms with Crippen LogP contribution in [0.3, 0.4) is 0 Å². The average Bonchev–Trinajstić information content (AvgIpc) is 2.48. The number of hydrogen-bond donors (Lipinski definition) is 0. The van der Waals surface area contributed by atoms with E-state index in [9.17, 15) is 9.59 Å². The van der Waals surface area contributed by atoms with Gasteiger partial charge in [0.05, 0.1) is 6.61 Å². The summed E-state index contributed by atoms with van der Waals surface area (Å²) in [4.78, 5) is 21.1. The molecule has 0 aromatic heterocycles. The number of carbonyl (C=O) groups excluding carboxylic acids is 2. The van der Waals surface area contributed by atoms with Crippen LogP contribution in [0.2, 0.25) is 0 Å². The summed E-state index contributed by atoms with van der Waals surface area (Å²) in [5, 5.41) is 0. The molecule has 0 aliphatic heterocycles. The molecule has 0 saturated heterocycles. The molecule has 1 aliphatic carbocycles. The van der Waals surface area contributed by atoms with Gasteiger partial charge in [-0.25, -0.2) is 9.59 Å². The zero-order valence-electron chi connectivity index (χ0n) is 12.6. The third-order valence-corrected chi connectivity index (χ3v) is 3.25. The van der Waals surface area contributed by atoms with Crippen LogP contribution < -0.4 is 0 Å². The second kappa shape index (κ2) is 11.3. The van der Waals surface area contributed by atoms with Gasteiger partial charge in [-0.15, -0.1) is 0 Å². The molecule has 0 aromatic carbocycles. The first-order valence-corrected chi connectivity index (χ1v) is 7.21. The van der Waals surface area contributed by atoms with E-state index in [1.165, 1.54) is 25.3 Å². The van der Waals surface area contributed by atoms with Crippen LogP contribution in [0.25, 0.3) is 0 Å². The molecular weight excluding hydrogens is 256 g/mol. The molecule has 0 spiro atoms. The van der Waals surface area contributed by atoms with E-state index in [1.54, 1.807) is 6.92 Å². The van der Waals surface area contributed by atoms with Crippen molar-refractivity contribution >= 4 is 11.9 Å². The quantitative estimate of drug-likeness (QED) is 0.572. The summed E-state index contributed by atoms with van der Waals surface area (Å²) >= 11 is 0. The predicted octanol–water partition coefficient (Wildman–Crippen LogP) is 3.42. The van der Waals surface area contributed by atoms with Gasteiger partial charge in [-0.3, -0.25) is 0 Å². The molecule has 20 heavy (non-hydrogen) atoms. The minimum absolute atomic E-state index is 0.143. The highest BCUT2D eigenvalue weighted by atomic mass is 16.5. The Morgan fingerprint density at radius 2 is 1.70 bits per heavy atom. The maximum absolute atomic E-state index is 11.0. The Balaban J connectivity index is 0.000000441. The van der Waals surface area contributed by atoms with Crippen LogP contribution in [0.4, 0.5) is 0 Å². The average molecular weight is 282 g/mol. The zero-order valence-corrected chi connectivity index (χ0v) is 12.6. The van der Waals surface area contributed by atoms with E-state index in [0.717, 1.165) is 18.9 Å². The molecule has 114 valence electrons. The lowest BCUT2D eigenvalue weighted by atomic mass is 9.85. The Kier molecular flexibility index (Phi) is 10.4. The maximum Gasteiger partial charge on any atom is 0.330 e. The van der Waals surface area contributed by atoms with Gasteiger partial charge in [-0.1, -0.05) is 26.5 Å². The van der Waals surface area contributed by atoms with Crippen molar-refractivity contribution in [3.8, 4) is 0 Å². The Morgan fingerprint density at radius 1 is 1.10 bits per heavy atom. The zero-order chi connectivity index (χ0) is 15.4. The van der Waals surface area contributed by atoms with Crippen molar-refractivity contribution in [1.29, 1.82) is 0 Å². The van der Waals surface area contributed by atoms with Gasteiger partial charge in [0.2, 0.25) is 0 Å². The lowest BCUT2D eigenvalue weighted by molar-refractivity contribution is -0.147. The number of esters is 2. The van der Waals surface area contributed by atoms with E-state index in [-0.39, 0.29) is 18.0 Å². The highest BCUT2D eigenvalue weighted by Crippen LogP contribution is 2.29. The summed E-state index contributed by atoms with van der Waals surface area (Å²) in [6, 6.07) is 0. The number of hydrogen-bond acceptors (Lipinski definition) is 4. The first-order valence-electron chi connectivity index (χ1n) is 7.21. The highest BCUT2D eigenvalue weighted by molar-refractivity contribution is 5.81. The first-order chi connectivity index (χ1) is 9.58. The van der Waals surface area contributed by atoms with E-state index in [0.29, 0.717) is 12.5 Å². The minimum Gasteiger partial charge on any atom is -0.463 e. The Hall–Kier alpha value is -1.58. The largest absolute Gasteiger partial charge is 0.463 e. The van der Waals surface area contributed by atoms with Crippen LogP contribution in [0.15, 0.2) is 25.3 Å². The molecule has 0 heterocycles. The van der Waals surface area contributed by atoms with Crippen molar-refractivity contribution in [3.05, 3.63) is 25.3 Å². The normalized spacial score (nSPS) is 20.9. The molecule has 0 aromatic rings. The molecule has 2 unspecified atom stereocenters.